The zero-order chi connectivity index (χ0) is 12.5. The van der Waals surface area contributed by atoms with Crippen LogP contribution >= 0.6 is 0 Å². The topological polar surface area (TPSA) is 49.8 Å². The van der Waals surface area contributed by atoms with Crippen LogP contribution < -0.4 is 0 Å². The molecule has 1 saturated heterocycles. The maximum Gasteiger partial charge on any atom is 0.198 e. The highest BCUT2D eigenvalue weighted by molar-refractivity contribution is 6.03. The standard InChI is InChI=1S/C15H12O3/c16-12-9-5-4-8-11(12)13(17)15-14(18-15)10-6-2-1-3-7-10/h1-9,14-16H/t14-,15+/m0/s1. The summed E-state index contributed by atoms with van der Waals surface area (Å²) in [6.07, 6.45) is -0.654. The lowest BCUT2D eigenvalue weighted by molar-refractivity contribution is 0.0951. The maximum atomic E-state index is 12.1. The minimum absolute atomic E-state index is 0.00446. The number of epoxide rings is 1. The molecule has 1 aliphatic heterocycles. The monoisotopic (exact) mass is 240 g/mol. The molecule has 2 aromatic carbocycles. The van der Waals surface area contributed by atoms with E-state index in [0.29, 0.717) is 5.56 Å². The van der Waals surface area contributed by atoms with E-state index in [1.54, 1.807) is 18.2 Å². The van der Waals surface area contributed by atoms with Gasteiger partial charge in [-0.3, -0.25) is 4.79 Å². The van der Waals surface area contributed by atoms with Crippen LogP contribution in [0, 0.1) is 0 Å². The summed E-state index contributed by atoms with van der Waals surface area (Å²) in [5.41, 5.74) is 1.31. The van der Waals surface area contributed by atoms with Gasteiger partial charge in [0.15, 0.2) is 11.9 Å². The van der Waals surface area contributed by atoms with Gasteiger partial charge in [0.2, 0.25) is 0 Å². The van der Waals surface area contributed by atoms with Gasteiger partial charge in [-0.1, -0.05) is 42.5 Å². The highest BCUT2D eigenvalue weighted by atomic mass is 16.6. The zero-order valence-electron chi connectivity index (χ0n) is 9.61. The molecule has 0 unspecified atom stereocenters. The van der Waals surface area contributed by atoms with Gasteiger partial charge in [0.1, 0.15) is 11.9 Å². The van der Waals surface area contributed by atoms with E-state index in [1.165, 1.54) is 6.07 Å². The Hall–Kier alpha value is -2.13. The van der Waals surface area contributed by atoms with Crippen LogP contribution in [0.2, 0.25) is 0 Å². The van der Waals surface area contributed by atoms with Crippen molar-refractivity contribution in [1.29, 1.82) is 0 Å². The van der Waals surface area contributed by atoms with E-state index in [2.05, 4.69) is 0 Å². The SMILES string of the molecule is O=C(c1ccccc1O)[C@H]1O[C@H]1c1ccccc1. The lowest BCUT2D eigenvalue weighted by Gasteiger charge is -2.00. The molecule has 3 rings (SSSR count). The van der Waals surface area contributed by atoms with E-state index in [9.17, 15) is 9.90 Å². The van der Waals surface area contributed by atoms with Crippen molar-refractivity contribution < 1.29 is 14.6 Å². The van der Waals surface area contributed by atoms with E-state index in [1.807, 2.05) is 30.3 Å². The molecular weight excluding hydrogens is 228 g/mol. The molecule has 1 heterocycles. The number of Topliss-reactive ketones (excluding diaryl/α,β-unsaturated/α-hetero) is 1. The first-order valence-corrected chi connectivity index (χ1v) is 5.80. The lowest BCUT2D eigenvalue weighted by Crippen LogP contribution is -2.08. The number of phenolic OH excluding ortho intramolecular Hbond substituents is 1. The van der Waals surface area contributed by atoms with E-state index < -0.39 is 6.10 Å². The van der Waals surface area contributed by atoms with Crippen molar-refractivity contribution in [2.24, 2.45) is 0 Å². The number of hydrogen-bond donors (Lipinski definition) is 1. The Bertz CT molecular complexity index is 577. The number of carbonyl (C=O) groups is 1. The van der Waals surface area contributed by atoms with Crippen LogP contribution in [0.4, 0.5) is 0 Å². The van der Waals surface area contributed by atoms with Gasteiger partial charge in [0.25, 0.3) is 0 Å². The highest BCUT2D eigenvalue weighted by Gasteiger charge is 2.46. The van der Waals surface area contributed by atoms with E-state index >= 15 is 0 Å². The van der Waals surface area contributed by atoms with Crippen molar-refractivity contribution in [1.82, 2.24) is 0 Å². The van der Waals surface area contributed by atoms with Gasteiger partial charge in [-0.2, -0.15) is 0 Å². The molecule has 90 valence electrons. The fraction of sp³-hybridized carbons (Fsp3) is 0.133. The Morgan fingerprint density at radius 1 is 1.00 bits per heavy atom. The summed E-state index contributed by atoms with van der Waals surface area (Å²) in [6, 6.07) is 16.2. The Morgan fingerprint density at radius 2 is 1.67 bits per heavy atom. The minimum atomic E-state index is -0.472. The number of rotatable bonds is 3. The fourth-order valence-electron chi connectivity index (χ4n) is 2.04. The summed E-state index contributed by atoms with van der Waals surface area (Å²) in [6.45, 7) is 0. The maximum absolute atomic E-state index is 12.1. The Balaban J connectivity index is 1.80. The van der Waals surface area contributed by atoms with Crippen LogP contribution in [-0.2, 0) is 4.74 Å². The average Bonchev–Trinajstić information content (AvgIpc) is 3.20. The van der Waals surface area contributed by atoms with Gasteiger partial charge in [0.05, 0.1) is 5.56 Å². The molecule has 2 aromatic rings. The van der Waals surface area contributed by atoms with Crippen LogP contribution in [0.15, 0.2) is 54.6 Å². The molecule has 0 aliphatic carbocycles. The lowest BCUT2D eigenvalue weighted by atomic mass is 10.0. The molecule has 0 saturated carbocycles. The van der Waals surface area contributed by atoms with Crippen LogP contribution in [0.25, 0.3) is 0 Å². The van der Waals surface area contributed by atoms with Crippen molar-refractivity contribution in [2.75, 3.05) is 0 Å². The van der Waals surface area contributed by atoms with Gasteiger partial charge < -0.3 is 9.84 Å². The summed E-state index contributed by atoms with van der Waals surface area (Å²) in [5.74, 6) is -0.160. The molecule has 0 bridgehead atoms. The number of ketones is 1. The van der Waals surface area contributed by atoms with E-state index in [0.717, 1.165) is 5.56 Å². The number of hydrogen-bond acceptors (Lipinski definition) is 3. The molecule has 0 radical (unpaired) electrons. The number of carbonyl (C=O) groups excluding carboxylic acids is 1. The summed E-state index contributed by atoms with van der Waals surface area (Å²) in [7, 11) is 0. The van der Waals surface area contributed by atoms with Crippen LogP contribution in [0.3, 0.4) is 0 Å². The van der Waals surface area contributed by atoms with Crippen LogP contribution in [0.5, 0.6) is 5.75 Å². The summed E-state index contributed by atoms with van der Waals surface area (Å²) >= 11 is 0. The third-order valence-corrected chi connectivity index (χ3v) is 3.05. The van der Waals surface area contributed by atoms with Crippen LogP contribution in [-0.4, -0.2) is 17.0 Å². The second-order valence-corrected chi connectivity index (χ2v) is 4.27. The molecule has 1 fully saturated rings. The second kappa shape index (κ2) is 4.27. The molecule has 3 heteroatoms. The molecule has 0 spiro atoms. The Morgan fingerprint density at radius 3 is 2.39 bits per heavy atom. The predicted molar refractivity (Wildman–Crippen MR) is 66.5 cm³/mol. The molecule has 0 amide bonds. The summed E-state index contributed by atoms with van der Waals surface area (Å²) in [4.78, 5) is 12.1. The van der Waals surface area contributed by atoms with Crippen molar-refractivity contribution >= 4 is 5.78 Å². The molecule has 3 nitrogen and oxygen atoms in total. The van der Waals surface area contributed by atoms with Crippen molar-refractivity contribution in [3.05, 3.63) is 65.7 Å². The number of ether oxygens (including phenoxy) is 1. The number of aromatic hydroxyl groups is 1. The smallest absolute Gasteiger partial charge is 0.198 e. The molecule has 2 atom stereocenters. The first-order chi connectivity index (χ1) is 8.77. The second-order valence-electron chi connectivity index (χ2n) is 4.27. The van der Waals surface area contributed by atoms with Crippen molar-refractivity contribution in [3.8, 4) is 5.75 Å². The van der Waals surface area contributed by atoms with Gasteiger partial charge in [0, 0.05) is 0 Å². The largest absolute Gasteiger partial charge is 0.507 e. The van der Waals surface area contributed by atoms with E-state index in [-0.39, 0.29) is 17.6 Å². The summed E-state index contributed by atoms with van der Waals surface area (Å²) in [5, 5.41) is 9.64. The summed E-state index contributed by atoms with van der Waals surface area (Å²) < 4.78 is 5.41. The van der Waals surface area contributed by atoms with Crippen molar-refractivity contribution in [2.45, 2.75) is 12.2 Å². The zero-order valence-corrected chi connectivity index (χ0v) is 9.61. The quantitative estimate of drug-likeness (QED) is 0.663. The molecule has 18 heavy (non-hydrogen) atoms. The fourth-order valence-corrected chi connectivity index (χ4v) is 2.04. The normalized spacial score (nSPS) is 21.6. The van der Waals surface area contributed by atoms with Crippen LogP contribution in [0.1, 0.15) is 22.0 Å². The number of phenols is 1. The molecular formula is C15H12O3. The highest BCUT2D eigenvalue weighted by Crippen LogP contribution is 2.41. The first-order valence-electron chi connectivity index (χ1n) is 5.80. The number of benzene rings is 2. The molecule has 1 aliphatic rings. The Kier molecular flexibility index (Phi) is 2.61. The van der Waals surface area contributed by atoms with Gasteiger partial charge >= 0.3 is 0 Å². The van der Waals surface area contributed by atoms with Crippen molar-refractivity contribution in [3.63, 3.8) is 0 Å². The molecule has 1 N–H and O–H groups in total. The minimum Gasteiger partial charge on any atom is -0.507 e. The van der Waals surface area contributed by atoms with Gasteiger partial charge in [-0.15, -0.1) is 0 Å². The average molecular weight is 240 g/mol. The predicted octanol–water partition coefficient (Wildman–Crippen LogP) is 2.72. The Labute approximate surface area is 105 Å². The third kappa shape index (κ3) is 1.89. The third-order valence-electron chi connectivity index (χ3n) is 3.05. The van der Waals surface area contributed by atoms with E-state index in [4.69, 9.17) is 4.74 Å². The first kappa shape index (κ1) is 11.0. The van der Waals surface area contributed by atoms with Gasteiger partial charge in [-0.25, -0.2) is 0 Å². The molecule has 0 aromatic heterocycles. The number of para-hydroxylation sites is 1. The van der Waals surface area contributed by atoms with Gasteiger partial charge in [-0.05, 0) is 17.7 Å².